The third-order valence-electron chi connectivity index (χ3n) is 3.35. The minimum Gasteiger partial charge on any atom is -0.356 e. The van der Waals surface area contributed by atoms with Crippen molar-refractivity contribution in [3.8, 4) is 0 Å². The molecule has 118 valence electrons. The first-order valence-electron chi connectivity index (χ1n) is 7.73. The van der Waals surface area contributed by atoms with Crippen LogP contribution in [-0.2, 0) is 19.3 Å². The number of rotatable bonds is 7. The van der Waals surface area contributed by atoms with Gasteiger partial charge >= 0.3 is 0 Å². The average molecular weight is 316 g/mol. The van der Waals surface area contributed by atoms with Crippen LogP contribution < -0.4 is 10.6 Å². The molecule has 0 spiro atoms. The van der Waals surface area contributed by atoms with Gasteiger partial charge in [-0.05, 0) is 18.4 Å². The lowest BCUT2D eigenvalue weighted by molar-refractivity contribution is 0.776. The van der Waals surface area contributed by atoms with Crippen molar-refractivity contribution in [1.82, 2.24) is 15.6 Å². The molecule has 0 fully saturated rings. The maximum atomic E-state index is 4.57. The number of thiazole rings is 1. The van der Waals surface area contributed by atoms with Gasteiger partial charge in [-0.1, -0.05) is 37.3 Å². The van der Waals surface area contributed by atoms with E-state index in [0.29, 0.717) is 0 Å². The van der Waals surface area contributed by atoms with E-state index in [0.717, 1.165) is 44.0 Å². The molecule has 5 heteroatoms. The van der Waals surface area contributed by atoms with E-state index in [1.807, 2.05) is 6.07 Å². The van der Waals surface area contributed by atoms with Gasteiger partial charge in [0.25, 0.3) is 0 Å². The Kier molecular flexibility index (Phi) is 6.90. The normalized spacial score (nSPS) is 11.5. The molecule has 0 aliphatic heterocycles. The van der Waals surface area contributed by atoms with Gasteiger partial charge in [-0.3, -0.25) is 4.99 Å². The van der Waals surface area contributed by atoms with Crippen LogP contribution in [0.5, 0.6) is 0 Å². The van der Waals surface area contributed by atoms with E-state index >= 15 is 0 Å². The van der Waals surface area contributed by atoms with Crippen LogP contribution in [0.2, 0.25) is 0 Å². The first-order valence-corrected chi connectivity index (χ1v) is 8.61. The van der Waals surface area contributed by atoms with Gasteiger partial charge in [0.2, 0.25) is 0 Å². The highest BCUT2D eigenvalue weighted by atomic mass is 32.1. The zero-order valence-electron chi connectivity index (χ0n) is 13.3. The molecule has 0 atom stereocenters. The van der Waals surface area contributed by atoms with Crippen molar-refractivity contribution < 1.29 is 0 Å². The molecule has 2 rings (SSSR count). The van der Waals surface area contributed by atoms with Crippen LogP contribution in [-0.4, -0.2) is 31.1 Å². The molecular weight excluding hydrogens is 292 g/mol. The summed E-state index contributed by atoms with van der Waals surface area (Å²) in [6.07, 6.45) is 2.93. The predicted octanol–water partition coefficient (Wildman–Crippen LogP) is 2.66. The number of benzene rings is 1. The molecule has 22 heavy (non-hydrogen) atoms. The summed E-state index contributed by atoms with van der Waals surface area (Å²) in [7, 11) is 1.80. The maximum Gasteiger partial charge on any atom is 0.190 e. The summed E-state index contributed by atoms with van der Waals surface area (Å²) in [5, 5.41) is 10.0. The number of aromatic nitrogens is 1. The minimum atomic E-state index is 0.845. The van der Waals surface area contributed by atoms with E-state index in [4.69, 9.17) is 0 Å². The highest BCUT2D eigenvalue weighted by Gasteiger charge is 2.01. The van der Waals surface area contributed by atoms with Crippen LogP contribution in [0.4, 0.5) is 0 Å². The number of nitrogens with one attached hydrogen (secondary N) is 2. The van der Waals surface area contributed by atoms with Crippen molar-refractivity contribution >= 4 is 17.3 Å². The quantitative estimate of drug-likeness (QED) is 0.610. The summed E-state index contributed by atoms with van der Waals surface area (Å²) in [6.45, 7) is 3.86. The van der Waals surface area contributed by atoms with Crippen LogP contribution in [0.25, 0.3) is 0 Å². The summed E-state index contributed by atoms with van der Waals surface area (Å²) in [4.78, 5) is 8.82. The van der Waals surface area contributed by atoms with Crippen molar-refractivity contribution in [3.05, 3.63) is 52.0 Å². The Labute approximate surface area is 136 Å². The largest absolute Gasteiger partial charge is 0.356 e. The van der Waals surface area contributed by atoms with E-state index in [1.165, 1.54) is 10.6 Å². The Hall–Kier alpha value is -1.88. The fourth-order valence-corrected chi connectivity index (χ4v) is 2.90. The molecule has 0 aliphatic carbocycles. The number of nitrogens with zero attached hydrogens (tertiary/aromatic N) is 2. The maximum absolute atomic E-state index is 4.57. The van der Waals surface area contributed by atoms with E-state index in [1.54, 1.807) is 18.4 Å². The monoisotopic (exact) mass is 316 g/mol. The number of aryl methyl sites for hydroxylation is 1. The zero-order chi connectivity index (χ0) is 15.6. The Morgan fingerprint density at radius 3 is 2.50 bits per heavy atom. The standard InChI is InChI=1S/C17H24N4S/c1-3-16-21-15(13-22-16)10-12-20-17(18-2)19-11-9-14-7-5-4-6-8-14/h4-8,13H,3,9-12H2,1-2H3,(H2,18,19,20). The molecule has 4 nitrogen and oxygen atoms in total. The summed E-state index contributed by atoms with van der Waals surface area (Å²) in [5.74, 6) is 0.849. The van der Waals surface area contributed by atoms with E-state index in [2.05, 4.69) is 57.2 Å². The van der Waals surface area contributed by atoms with E-state index in [-0.39, 0.29) is 0 Å². The van der Waals surface area contributed by atoms with Crippen LogP contribution in [0.1, 0.15) is 23.2 Å². The fraction of sp³-hybridized carbons (Fsp3) is 0.412. The number of guanidine groups is 1. The highest BCUT2D eigenvalue weighted by molar-refractivity contribution is 7.09. The van der Waals surface area contributed by atoms with Gasteiger partial charge in [0.15, 0.2) is 5.96 Å². The second-order valence-electron chi connectivity index (χ2n) is 5.00. The molecule has 1 aromatic carbocycles. The molecule has 0 saturated carbocycles. The number of hydrogen-bond acceptors (Lipinski definition) is 3. The van der Waals surface area contributed by atoms with Crippen molar-refractivity contribution in [2.45, 2.75) is 26.2 Å². The van der Waals surface area contributed by atoms with Gasteiger partial charge in [0, 0.05) is 31.9 Å². The van der Waals surface area contributed by atoms with Crippen LogP contribution in [0.15, 0.2) is 40.7 Å². The lowest BCUT2D eigenvalue weighted by atomic mass is 10.1. The Bertz CT molecular complexity index is 577. The minimum absolute atomic E-state index is 0.845. The molecule has 0 amide bonds. The topological polar surface area (TPSA) is 49.3 Å². The van der Waals surface area contributed by atoms with Crippen molar-refractivity contribution in [1.29, 1.82) is 0 Å². The summed E-state index contributed by atoms with van der Waals surface area (Å²) in [5.41, 5.74) is 2.49. The molecule has 0 unspecified atom stereocenters. The molecule has 0 bridgehead atoms. The first-order chi connectivity index (χ1) is 10.8. The Morgan fingerprint density at radius 1 is 1.14 bits per heavy atom. The van der Waals surface area contributed by atoms with E-state index in [9.17, 15) is 0 Å². The van der Waals surface area contributed by atoms with Gasteiger partial charge in [-0.15, -0.1) is 11.3 Å². The summed E-state index contributed by atoms with van der Waals surface area (Å²) < 4.78 is 0. The van der Waals surface area contributed by atoms with E-state index < -0.39 is 0 Å². The van der Waals surface area contributed by atoms with Crippen LogP contribution in [0, 0.1) is 0 Å². The molecule has 0 aliphatic rings. The Morgan fingerprint density at radius 2 is 1.86 bits per heavy atom. The van der Waals surface area contributed by atoms with Crippen molar-refractivity contribution in [2.24, 2.45) is 4.99 Å². The Balaban J connectivity index is 1.66. The number of aliphatic imine (C=N–C) groups is 1. The molecular formula is C17H24N4S. The van der Waals surface area contributed by atoms with Gasteiger partial charge in [0.1, 0.15) is 0 Å². The molecule has 1 heterocycles. The van der Waals surface area contributed by atoms with Gasteiger partial charge < -0.3 is 10.6 Å². The van der Waals surface area contributed by atoms with Gasteiger partial charge in [-0.2, -0.15) is 0 Å². The zero-order valence-corrected chi connectivity index (χ0v) is 14.1. The molecule has 2 N–H and O–H groups in total. The second kappa shape index (κ2) is 9.20. The smallest absolute Gasteiger partial charge is 0.190 e. The third-order valence-corrected chi connectivity index (χ3v) is 4.39. The van der Waals surface area contributed by atoms with Crippen molar-refractivity contribution in [2.75, 3.05) is 20.1 Å². The number of hydrogen-bond donors (Lipinski definition) is 2. The summed E-state index contributed by atoms with van der Waals surface area (Å²) >= 11 is 1.74. The van der Waals surface area contributed by atoms with Gasteiger partial charge in [-0.25, -0.2) is 4.98 Å². The molecule has 2 aromatic rings. The lowest BCUT2D eigenvalue weighted by Gasteiger charge is -2.11. The van der Waals surface area contributed by atoms with Gasteiger partial charge in [0.05, 0.1) is 10.7 Å². The lowest BCUT2D eigenvalue weighted by Crippen LogP contribution is -2.39. The average Bonchev–Trinajstić information content (AvgIpc) is 3.02. The molecule has 0 radical (unpaired) electrons. The summed E-state index contributed by atoms with van der Waals surface area (Å²) in [6, 6.07) is 10.5. The second-order valence-corrected chi connectivity index (χ2v) is 5.94. The fourth-order valence-electron chi connectivity index (χ4n) is 2.13. The highest BCUT2D eigenvalue weighted by Crippen LogP contribution is 2.10. The SMILES string of the molecule is CCc1nc(CCNC(=NC)NCCc2ccccc2)cs1. The molecule has 1 aromatic heterocycles. The third kappa shape index (κ3) is 5.48. The predicted molar refractivity (Wildman–Crippen MR) is 94.7 cm³/mol. The van der Waals surface area contributed by atoms with Crippen LogP contribution in [0.3, 0.4) is 0 Å². The van der Waals surface area contributed by atoms with Crippen LogP contribution >= 0.6 is 11.3 Å². The first kappa shape index (κ1) is 16.5. The molecule has 0 saturated heterocycles. The van der Waals surface area contributed by atoms with Crippen molar-refractivity contribution in [3.63, 3.8) is 0 Å².